The van der Waals surface area contributed by atoms with Gasteiger partial charge in [-0.1, -0.05) is 42.5 Å². The Morgan fingerprint density at radius 1 is 1.14 bits per heavy atom. The lowest BCUT2D eigenvalue weighted by Gasteiger charge is -2.11. The van der Waals surface area contributed by atoms with Gasteiger partial charge >= 0.3 is 0 Å². The lowest BCUT2D eigenvalue weighted by Crippen LogP contribution is -2.17. The van der Waals surface area contributed by atoms with E-state index < -0.39 is 0 Å². The number of hydrogen-bond acceptors (Lipinski definition) is 3. The van der Waals surface area contributed by atoms with Crippen LogP contribution in [0.1, 0.15) is 30.4 Å². The maximum Gasteiger partial charge on any atom is 0.162 e. The van der Waals surface area contributed by atoms with E-state index in [0.29, 0.717) is 30.9 Å². The van der Waals surface area contributed by atoms with Gasteiger partial charge in [-0.15, -0.1) is 0 Å². The first kappa shape index (κ1) is 14.0. The zero-order valence-corrected chi connectivity index (χ0v) is 12.3. The Morgan fingerprint density at radius 3 is 2.71 bits per heavy atom. The van der Waals surface area contributed by atoms with E-state index in [9.17, 15) is 5.11 Å². The summed E-state index contributed by atoms with van der Waals surface area (Å²) in [6.45, 7) is 3.14. The smallest absolute Gasteiger partial charge is 0.162 e. The van der Waals surface area contributed by atoms with Crippen LogP contribution in [0.2, 0.25) is 0 Å². The topological polar surface area (TPSA) is 41.5 Å². The number of rotatable bonds is 6. The van der Waals surface area contributed by atoms with Crippen LogP contribution in [0.25, 0.3) is 0 Å². The summed E-state index contributed by atoms with van der Waals surface area (Å²) < 4.78 is 5.41. The number of aromatic hydroxyl groups is 1. The molecule has 3 nitrogen and oxygen atoms in total. The molecule has 0 radical (unpaired) electrons. The fraction of sp³-hybridized carbons (Fsp3) is 0.333. The molecule has 0 saturated heterocycles. The van der Waals surface area contributed by atoms with Crippen molar-refractivity contribution in [1.82, 2.24) is 5.32 Å². The first-order chi connectivity index (χ1) is 10.3. The lowest BCUT2D eigenvalue weighted by atomic mass is 10.1. The van der Waals surface area contributed by atoms with Crippen LogP contribution in [-0.4, -0.2) is 17.8 Å². The summed E-state index contributed by atoms with van der Waals surface area (Å²) in [6.07, 6.45) is 1.16. The number of phenols is 1. The van der Waals surface area contributed by atoms with Crippen molar-refractivity contribution in [3.63, 3.8) is 0 Å². The Morgan fingerprint density at radius 2 is 1.95 bits per heavy atom. The van der Waals surface area contributed by atoms with Gasteiger partial charge in [-0.3, -0.25) is 0 Å². The van der Waals surface area contributed by atoms with Crippen LogP contribution in [0.15, 0.2) is 48.5 Å². The molecule has 2 aromatic carbocycles. The third-order valence-corrected chi connectivity index (χ3v) is 3.96. The number of para-hydroxylation sites is 1. The van der Waals surface area contributed by atoms with E-state index in [-0.39, 0.29) is 5.75 Å². The summed E-state index contributed by atoms with van der Waals surface area (Å²) in [7, 11) is 0. The van der Waals surface area contributed by atoms with Gasteiger partial charge < -0.3 is 15.2 Å². The number of nitrogens with one attached hydrogen (secondary N) is 1. The van der Waals surface area contributed by atoms with E-state index >= 15 is 0 Å². The molecule has 1 fully saturated rings. The van der Waals surface area contributed by atoms with Crippen LogP contribution in [0.3, 0.4) is 0 Å². The van der Waals surface area contributed by atoms with Crippen molar-refractivity contribution in [2.75, 3.05) is 6.61 Å². The Labute approximate surface area is 125 Å². The summed E-state index contributed by atoms with van der Waals surface area (Å²) in [5.74, 6) is 1.42. The maximum absolute atomic E-state index is 10.2. The molecule has 2 unspecified atom stereocenters. The van der Waals surface area contributed by atoms with Crippen LogP contribution in [0, 0.1) is 0 Å². The molecular weight excluding hydrogens is 262 g/mol. The highest BCUT2D eigenvalue weighted by Crippen LogP contribution is 2.41. The first-order valence-electron chi connectivity index (χ1n) is 7.51. The zero-order chi connectivity index (χ0) is 14.7. The molecule has 2 atom stereocenters. The van der Waals surface area contributed by atoms with Crippen LogP contribution >= 0.6 is 0 Å². The van der Waals surface area contributed by atoms with Crippen molar-refractivity contribution < 1.29 is 9.84 Å². The van der Waals surface area contributed by atoms with E-state index in [2.05, 4.69) is 29.6 Å². The van der Waals surface area contributed by atoms with Crippen molar-refractivity contribution >= 4 is 0 Å². The van der Waals surface area contributed by atoms with Crippen LogP contribution < -0.4 is 10.1 Å². The normalized spacial score (nSPS) is 20.2. The Balaban J connectivity index is 1.58. The average molecular weight is 283 g/mol. The molecule has 0 amide bonds. The standard InChI is InChI=1S/C18H21NO2/c1-2-21-17-10-6-9-14(18(17)20)12-19-16-11-15(16)13-7-4-3-5-8-13/h3-10,15-16,19-20H,2,11-12H2,1H3. The van der Waals surface area contributed by atoms with Crippen molar-refractivity contribution in [3.05, 3.63) is 59.7 Å². The number of benzene rings is 2. The summed E-state index contributed by atoms with van der Waals surface area (Å²) in [6, 6.07) is 16.7. The number of phenolic OH excluding ortho intramolecular Hbond substituents is 1. The van der Waals surface area contributed by atoms with E-state index in [1.54, 1.807) is 6.07 Å². The molecule has 1 aliphatic rings. The van der Waals surface area contributed by atoms with E-state index in [1.807, 2.05) is 25.1 Å². The number of ether oxygens (including phenoxy) is 1. The molecular formula is C18H21NO2. The summed E-state index contributed by atoms with van der Waals surface area (Å²) in [5.41, 5.74) is 2.28. The third kappa shape index (κ3) is 3.19. The van der Waals surface area contributed by atoms with Crippen molar-refractivity contribution in [2.45, 2.75) is 31.8 Å². The molecule has 1 aliphatic carbocycles. The summed E-state index contributed by atoms with van der Waals surface area (Å²) in [4.78, 5) is 0. The largest absolute Gasteiger partial charge is 0.504 e. The van der Waals surface area contributed by atoms with E-state index in [1.165, 1.54) is 5.56 Å². The van der Waals surface area contributed by atoms with Gasteiger partial charge in [-0.05, 0) is 25.0 Å². The van der Waals surface area contributed by atoms with Gasteiger partial charge in [0.25, 0.3) is 0 Å². The molecule has 2 aromatic rings. The second-order valence-corrected chi connectivity index (χ2v) is 5.44. The van der Waals surface area contributed by atoms with Crippen molar-refractivity contribution in [1.29, 1.82) is 0 Å². The van der Waals surface area contributed by atoms with Gasteiger partial charge in [-0.25, -0.2) is 0 Å². The molecule has 0 heterocycles. The first-order valence-corrected chi connectivity index (χ1v) is 7.51. The lowest BCUT2D eigenvalue weighted by molar-refractivity contribution is 0.316. The van der Waals surface area contributed by atoms with Crippen LogP contribution in [0.5, 0.6) is 11.5 Å². The van der Waals surface area contributed by atoms with Gasteiger partial charge in [0.2, 0.25) is 0 Å². The van der Waals surface area contributed by atoms with Gasteiger partial charge in [0, 0.05) is 24.1 Å². The molecule has 3 rings (SSSR count). The second kappa shape index (κ2) is 6.19. The average Bonchev–Trinajstić information content (AvgIpc) is 3.29. The summed E-state index contributed by atoms with van der Waals surface area (Å²) >= 11 is 0. The van der Waals surface area contributed by atoms with Gasteiger partial charge in [0.1, 0.15) is 0 Å². The monoisotopic (exact) mass is 283 g/mol. The Kier molecular flexibility index (Phi) is 4.11. The predicted octanol–water partition coefficient (Wildman–Crippen LogP) is 3.44. The second-order valence-electron chi connectivity index (χ2n) is 5.44. The quantitative estimate of drug-likeness (QED) is 0.853. The van der Waals surface area contributed by atoms with Crippen molar-refractivity contribution in [3.8, 4) is 11.5 Å². The van der Waals surface area contributed by atoms with E-state index in [4.69, 9.17) is 4.74 Å². The highest BCUT2D eigenvalue weighted by Gasteiger charge is 2.37. The molecule has 2 N–H and O–H groups in total. The molecule has 0 spiro atoms. The minimum absolute atomic E-state index is 0.253. The van der Waals surface area contributed by atoms with Crippen molar-refractivity contribution in [2.24, 2.45) is 0 Å². The zero-order valence-electron chi connectivity index (χ0n) is 12.3. The SMILES string of the molecule is CCOc1cccc(CNC2CC2c2ccccc2)c1O. The fourth-order valence-corrected chi connectivity index (χ4v) is 2.71. The van der Waals surface area contributed by atoms with Gasteiger partial charge in [-0.2, -0.15) is 0 Å². The number of hydrogen-bond donors (Lipinski definition) is 2. The molecule has 0 bridgehead atoms. The van der Waals surface area contributed by atoms with E-state index in [0.717, 1.165) is 12.0 Å². The molecule has 1 saturated carbocycles. The van der Waals surface area contributed by atoms with Gasteiger partial charge in [0.15, 0.2) is 11.5 Å². The highest BCUT2D eigenvalue weighted by atomic mass is 16.5. The minimum Gasteiger partial charge on any atom is -0.504 e. The molecule has 21 heavy (non-hydrogen) atoms. The molecule has 110 valence electrons. The fourth-order valence-electron chi connectivity index (χ4n) is 2.71. The molecule has 0 aromatic heterocycles. The predicted molar refractivity (Wildman–Crippen MR) is 83.7 cm³/mol. The Bertz CT molecular complexity index is 597. The Hall–Kier alpha value is -2.00. The van der Waals surface area contributed by atoms with Gasteiger partial charge in [0.05, 0.1) is 6.61 Å². The summed E-state index contributed by atoms with van der Waals surface area (Å²) in [5, 5.41) is 13.7. The third-order valence-electron chi connectivity index (χ3n) is 3.96. The highest BCUT2D eigenvalue weighted by molar-refractivity contribution is 5.45. The maximum atomic E-state index is 10.2. The van der Waals surface area contributed by atoms with Crippen LogP contribution in [-0.2, 0) is 6.54 Å². The molecule has 3 heteroatoms. The van der Waals surface area contributed by atoms with Crippen LogP contribution in [0.4, 0.5) is 0 Å². The minimum atomic E-state index is 0.253. The molecule has 0 aliphatic heterocycles.